The number of aromatic amines is 1. The molecule has 1 aliphatic heterocycles. The highest BCUT2D eigenvalue weighted by atomic mass is 16.5. The van der Waals surface area contributed by atoms with Gasteiger partial charge >= 0.3 is 5.97 Å². The van der Waals surface area contributed by atoms with Crippen molar-refractivity contribution in [2.75, 3.05) is 32.8 Å². The highest BCUT2D eigenvalue weighted by Gasteiger charge is 2.27. The first-order valence-corrected chi connectivity index (χ1v) is 9.72. The van der Waals surface area contributed by atoms with Gasteiger partial charge < -0.3 is 19.8 Å². The molecule has 1 aromatic rings. The zero-order valence-electron chi connectivity index (χ0n) is 17.3. The molecule has 1 fully saturated rings. The van der Waals surface area contributed by atoms with E-state index in [0.29, 0.717) is 35.0 Å². The Bertz CT molecular complexity index is 660. The third kappa shape index (κ3) is 5.32. The lowest BCUT2D eigenvalue weighted by molar-refractivity contribution is 0.00671. The van der Waals surface area contributed by atoms with E-state index in [9.17, 15) is 9.59 Å². The summed E-state index contributed by atoms with van der Waals surface area (Å²) >= 11 is 0. The van der Waals surface area contributed by atoms with Crippen LogP contribution in [0.1, 0.15) is 59.8 Å². The van der Waals surface area contributed by atoms with Crippen molar-refractivity contribution < 1.29 is 19.1 Å². The van der Waals surface area contributed by atoms with E-state index in [1.807, 2.05) is 0 Å². The summed E-state index contributed by atoms with van der Waals surface area (Å²) in [5.74, 6) is -0.187. The van der Waals surface area contributed by atoms with Crippen LogP contribution in [0.25, 0.3) is 0 Å². The fourth-order valence-electron chi connectivity index (χ4n) is 3.54. The van der Waals surface area contributed by atoms with Gasteiger partial charge in [-0.1, -0.05) is 13.8 Å². The Labute approximate surface area is 161 Å². The monoisotopic (exact) mass is 379 g/mol. The van der Waals surface area contributed by atoms with Gasteiger partial charge in [0.1, 0.15) is 5.69 Å². The predicted octanol–water partition coefficient (Wildman–Crippen LogP) is 2.28. The Morgan fingerprint density at radius 2 is 1.81 bits per heavy atom. The summed E-state index contributed by atoms with van der Waals surface area (Å²) in [6.07, 6.45) is -0.205. The third-order valence-electron chi connectivity index (χ3n) is 4.97. The number of hydrogen-bond donors (Lipinski definition) is 2. The van der Waals surface area contributed by atoms with Gasteiger partial charge in [0.05, 0.1) is 24.9 Å². The Morgan fingerprint density at radius 3 is 2.37 bits per heavy atom. The minimum atomic E-state index is -0.399. The molecule has 0 radical (unpaired) electrons. The number of morpholine rings is 1. The number of carbonyl (C=O) groups is 2. The molecule has 1 aromatic heterocycles. The van der Waals surface area contributed by atoms with Crippen LogP contribution in [-0.2, 0) is 9.47 Å². The van der Waals surface area contributed by atoms with E-state index in [4.69, 9.17) is 9.47 Å². The number of aryl methyl sites for hydroxylation is 1. The summed E-state index contributed by atoms with van der Waals surface area (Å²) in [6.45, 7) is 15.3. The van der Waals surface area contributed by atoms with Crippen LogP contribution >= 0.6 is 0 Å². The van der Waals surface area contributed by atoms with Crippen LogP contribution in [0.5, 0.6) is 0 Å². The minimum Gasteiger partial charge on any atom is -0.459 e. The summed E-state index contributed by atoms with van der Waals surface area (Å²) in [6, 6.07) is 0.250. The van der Waals surface area contributed by atoms with Crippen LogP contribution in [0.2, 0.25) is 0 Å². The number of hydrogen-bond acceptors (Lipinski definition) is 5. The molecular formula is C20H33N3O4. The Kier molecular flexibility index (Phi) is 7.44. The Balaban J connectivity index is 2.07. The van der Waals surface area contributed by atoms with Crippen LogP contribution in [0.4, 0.5) is 0 Å². The molecule has 0 aromatic carbocycles. The molecule has 1 saturated heterocycles. The molecule has 152 valence electrons. The molecule has 2 N–H and O–H groups in total. The summed E-state index contributed by atoms with van der Waals surface area (Å²) in [5.41, 5.74) is 2.15. The van der Waals surface area contributed by atoms with E-state index in [1.165, 1.54) is 0 Å². The molecule has 7 nitrogen and oxygen atoms in total. The second kappa shape index (κ2) is 9.37. The molecule has 2 rings (SSSR count). The molecule has 0 aliphatic carbocycles. The lowest BCUT2D eigenvalue weighted by atomic mass is 10.0. The van der Waals surface area contributed by atoms with Gasteiger partial charge in [-0.2, -0.15) is 0 Å². The maximum atomic E-state index is 12.7. The number of ether oxygens (including phenoxy) is 2. The molecule has 0 unspecified atom stereocenters. The van der Waals surface area contributed by atoms with Crippen LogP contribution in [0.15, 0.2) is 0 Å². The molecule has 7 heteroatoms. The van der Waals surface area contributed by atoms with Crippen molar-refractivity contribution in [2.24, 2.45) is 5.92 Å². The smallest absolute Gasteiger partial charge is 0.340 e. The van der Waals surface area contributed by atoms with Crippen molar-refractivity contribution in [3.63, 3.8) is 0 Å². The molecule has 1 atom stereocenters. The zero-order chi connectivity index (χ0) is 20.1. The van der Waals surface area contributed by atoms with E-state index in [-0.39, 0.29) is 18.1 Å². The molecule has 27 heavy (non-hydrogen) atoms. The summed E-state index contributed by atoms with van der Waals surface area (Å²) in [4.78, 5) is 30.5. The summed E-state index contributed by atoms with van der Waals surface area (Å²) in [7, 11) is 0. The van der Waals surface area contributed by atoms with Gasteiger partial charge in [0.2, 0.25) is 0 Å². The maximum Gasteiger partial charge on any atom is 0.340 e. The van der Waals surface area contributed by atoms with E-state index < -0.39 is 5.97 Å². The van der Waals surface area contributed by atoms with Gasteiger partial charge in [0.25, 0.3) is 5.91 Å². The Morgan fingerprint density at radius 1 is 1.19 bits per heavy atom. The highest BCUT2D eigenvalue weighted by molar-refractivity contribution is 6.00. The number of aromatic nitrogens is 1. The molecule has 0 spiro atoms. The van der Waals surface area contributed by atoms with Crippen LogP contribution in [0, 0.1) is 19.8 Å². The van der Waals surface area contributed by atoms with Crippen molar-refractivity contribution in [1.29, 1.82) is 0 Å². The van der Waals surface area contributed by atoms with E-state index in [0.717, 1.165) is 26.3 Å². The van der Waals surface area contributed by atoms with Gasteiger partial charge in [0, 0.05) is 31.4 Å². The SMILES string of the molecule is Cc1[nH]c(C(=O)NC[C@@H](C(C)C)N2CCOCC2)c(C)c1C(=O)OC(C)C. The van der Waals surface area contributed by atoms with Gasteiger partial charge in [-0.15, -0.1) is 0 Å². The lowest BCUT2D eigenvalue weighted by Gasteiger charge is -2.36. The number of nitrogens with zero attached hydrogens (tertiary/aromatic N) is 1. The van der Waals surface area contributed by atoms with Gasteiger partial charge in [-0.25, -0.2) is 4.79 Å². The number of carbonyl (C=O) groups excluding carboxylic acids is 2. The second-order valence-electron chi connectivity index (χ2n) is 7.75. The third-order valence-corrected chi connectivity index (χ3v) is 4.97. The van der Waals surface area contributed by atoms with Crippen molar-refractivity contribution in [3.8, 4) is 0 Å². The largest absolute Gasteiger partial charge is 0.459 e. The normalized spacial score (nSPS) is 16.6. The zero-order valence-corrected chi connectivity index (χ0v) is 17.3. The average Bonchev–Trinajstić information content (AvgIpc) is 2.89. The van der Waals surface area contributed by atoms with Crippen LogP contribution in [-0.4, -0.2) is 66.8 Å². The molecule has 0 bridgehead atoms. The topological polar surface area (TPSA) is 83.7 Å². The van der Waals surface area contributed by atoms with Gasteiger partial charge in [-0.3, -0.25) is 9.69 Å². The fraction of sp³-hybridized carbons (Fsp3) is 0.700. The summed E-state index contributed by atoms with van der Waals surface area (Å²) < 4.78 is 10.7. The first-order valence-electron chi connectivity index (χ1n) is 9.72. The van der Waals surface area contributed by atoms with Gasteiger partial charge in [0.15, 0.2) is 0 Å². The van der Waals surface area contributed by atoms with E-state index in [1.54, 1.807) is 27.7 Å². The number of esters is 1. The van der Waals surface area contributed by atoms with Crippen molar-refractivity contribution >= 4 is 11.9 Å². The maximum absolute atomic E-state index is 12.7. The van der Waals surface area contributed by atoms with Crippen LogP contribution in [0.3, 0.4) is 0 Å². The van der Waals surface area contributed by atoms with E-state index in [2.05, 4.69) is 29.0 Å². The lowest BCUT2D eigenvalue weighted by Crippen LogP contribution is -2.51. The number of nitrogens with one attached hydrogen (secondary N) is 2. The van der Waals surface area contributed by atoms with Gasteiger partial charge in [-0.05, 0) is 39.2 Å². The Hall–Kier alpha value is -1.86. The molecule has 2 heterocycles. The van der Waals surface area contributed by atoms with Crippen molar-refractivity contribution in [3.05, 3.63) is 22.5 Å². The van der Waals surface area contributed by atoms with Crippen LogP contribution < -0.4 is 5.32 Å². The number of H-pyrrole nitrogens is 1. The number of amides is 1. The molecule has 0 saturated carbocycles. The first kappa shape index (κ1) is 21.4. The first-order chi connectivity index (χ1) is 12.7. The highest BCUT2D eigenvalue weighted by Crippen LogP contribution is 2.20. The molecular weight excluding hydrogens is 346 g/mol. The predicted molar refractivity (Wildman–Crippen MR) is 104 cm³/mol. The number of rotatable bonds is 7. The second-order valence-corrected chi connectivity index (χ2v) is 7.75. The van der Waals surface area contributed by atoms with Crippen molar-refractivity contribution in [2.45, 2.75) is 53.7 Å². The fourth-order valence-corrected chi connectivity index (χ4v) is 3.54. The molecule has 1 amide bonds. The summed E-state index contributed by atoms with van der Waals surface area (Å²) in [5, 5.41) is 3.03. The molecule has 1 aliphatic rings. The standard InChI is InChI=1S/C20H33N3O4/c1-12(2)16(23-7-9-26-10-8-23)11-21-19(24)18-14(5)17(15(6)22-18)20(25)27-13(3)4/h12-13,16,22H,7-11H2,1-6H3,(H,21,24)/t16-/m0/s1. The van der Waals surface area contributed by atoms with E-state index >= 15 is 0 Å². The minimum absolute atomic E-state index is 0.196. The van der Waals surface area contributed by atoms with Crippen molar-refractivity contribution in [1.82, 2.24) is 15.2 Å². The average molecular weight is 380 g/mol. The quantitative estimate of drug-likeness (QED) is 0.710.